The molecule has 0 aromatic carbocycles. The highest BCUT2D eigenvalue weighted by atomic mass is 17.1. The molecule has 2 nitrogen and oxygen atoms in total. The average Bonchev–Trinajstić information content (AvgIpc) is 2.69. The number of hydrogen-bond donors (Lipinski definition) is 1. The van der Waals surface area contributed by atoms with E-state index in [9.17, 15) is 5.26 Å². The second-order valence-electron chi connectivity index (χ2n) is 9.45. The van der Waals surface area contributed by atoms with Crippen molar-refractivity contribution in [3.8, 4) is 0 Å². The van der Waals surface area contributed by atoms with Gasteiger partial charge in [0.05, 0.1) is 6.10 Å². The lowest BCUT2D eigenvalue weighted by Crippen LogP contribution is -2.36. The molecule has 0 aromatic rings. The molecule has 2 rings (SSSR count). The molecule has 26 heavy (non-hydrogen) atoms. The van der Waals surface area contributed by atoms with E-state index in [2.05, 4.69) is 13.8 Å². The maximum atomic E-state index is 9.58. The quantitative estimate of drug-likeness (QED) is 0.215. The Labute approximate surface area is 163 Å². The third kappa shape index (κ3) is 7.50. The number of hydrogen-bond acceptors (Lipinski definition) is 2. The highest BCUT2D eigenvalue weighted by Gasteiger charge is 2.35. The molecule has 1 unspecified atom stereocenters. The van der Waals surface area contributed by atoms with Crippen molar-refractivity contribution < 1.29 is 10.1 Å². The molecule has 0 aromatic heterocycles. The van der Waals surface area contributed by atoms with Crippen LogP contribution in [0.1, 0.15) is 123 Å². The SMILES string of the molecule is CCCCCCCCCC1CCC(C(OO)C2CCC(CC)CC2)CC1. The molecule has 0 radical (unpaired) electrons. The van der Waals surface area contributed by atoms with Gasteiger partial charge in [0.25, 0.3) is 0 Å². The first-order valence-electron chi connectivity index (χ1n) is 12.1. The third-order valence-corrected chi connectivity index (χ3v) is 7.63. The number of unbranched alkanes of at least 4 members (excludes halogenated alkanes) is 6. The van der Waals surface area contributed by atoms with E-state index < -0.39 is 0 Å². The van der Waals surface area contributed by atoms with Gasteiger partial charge in [-0.25, -0.2) is 4.89 Å². The first kappa shape index (κ1) is 22.2. The van der Waals surface area contributed by atoms with Gasteiger partial charge in [0, 0.05) is 0 Å². The van der Waals surface area contributed by atoms with Crippen LogP contribution in [0.4, 0.5) is 0 Å². The van der Waals surface area contributed by atoms with Crippen molar-refractivity contribution in [2.75, 3.05) is 0 Å². The van der Waals surface area contributed by atoms with E-state index in [1.165, 1.54) is 109 Å². The summed E-state index contributed by atoms with van der Waals surface area (Å²) in [6, 6.07) is 0. The second-order valence-corrected chi connectivity index (χ2v) is 9.45. The zero-order valence-electron chi connectivity index (χ0n) is 17.8. The van der Waals surface area contributed by atoms with Crippen molar-refractivity contribution in [1.82, 2.24) is 0 Å². The molecule has 2 heteroatoms. The summed E-state index contributed by atoms with van der Waals surface area (Å²) in [6.45, 7) is 4.61. The lowest BCUT2D eigenvalue weighted by atomic mass is 9.70. The van der Waals surface area contributed by atoms with E-state index in [1.807, 2.05) is 0 Å². The summed E-state index contributed by atoms with van der Waals surface area (Å²) >= 11 is 0. The topological polar surface area (TPSA) is 29.5 Å². The molecule has 2 aliphatic carbocycles. The van der Waals surface area contributed by atoms with Gasteiger partial charge in [0.15, 0.2) is 0 Å². The lowest BCUT2D eigenvalue weighted by molar-refractivity contribution is -0.307. The van der Waals surface area contributed by atoms with Crippen LogP contribution in [-0.2, 0) is 4.89 Å². The summed E-state index contributed by atoms with van der Waals surface area (Å²) in [7, 11) is 0. The van der Waals surface area contributed by atoms with Crippen LogP contribution in [0, 0.1) is 23.7 Å². The van der Waals surface area contributed by atoms with E-state index in [4.69, 9.17) is 4.89 Å². The molecule has 0 amide bonds. The molecule has 0 saturated heterocycles. The Kier molecular flexibility index (Phi) is 11.2. The number of rotatable bonds is 12. The predicted octanol–water partition coefficient (Wildman–Crippen LogP) is 8.01. The minimum Gasteiger partial charge on any atom is -0.252 e. The fourth-order valence-electron chi connectivity index (χ4n) is 5.68. The normalized spacial score (nSPS) is 31.0. The van der Waals surface area contributed by atoms with Gasteiger partial charge in [-0.2, -0.15) is 0 Å². The van der Waals surface area contributed by atoms with E-state index in [1.54, 1.807) is 0 Å². The Hall–Kier alpha value is -0.0800. The van der Waals surface area contributed by atoms with Crippen molar-refractivity contribution in [3.05, 3.63) is 0 Å². The van der Waals surface area contributed by atoms with Crippen LogP contribution < -0.4 is 0 Å². The van der Waals surface area contributed by atoms with Crippen LogP contribution >= 0.6 is 0 Å². The molecule has 0 heterocycles. The monoisotopic (exact) mass is 366 g/mol. The molecule has 2 aliphatic rings. The van der Waals surface area contributed by atoms with E-state index in [-0.39, 0.29) is 6.10 Å². The van der Waals surface area contributed by atoms with Gasteiger partial charge in [-0.15, -0.1) is 0 Å². The lowest BCUT2D eigenvalue weighted by Gasteiger charge is -2.38. The Morgan fingerprint density at radius 3 is 1.69 bits per heavy atom. The van der Waals surface area contributed by atoms with Gasteiger partial charge in [-0.05, 0) is 49.4 Å². The van der Waals surface area contributed by atoms with Crippen LogP contribution in [0.2, 0.25) is 0 Å². The van der Waals surface area contributed by atoms with Crippen LogP contribution in [0.5, 0.6) is 0 Å². The van der Waals surface area contributed by atoms with Crippen LogP contribution in [0.15, 0.2) is 0 Å². The van der Waals surface area contributed by atoms with E-state index in [0.717, 1.165) is 11.8 Å². The van der Waals surface area contributed by atoms with Crippen molar-refractivity contribution >= 4 is 0 Å². The van der Waals surface area contributed by atoms with Crippen molar-refractivity contribution in [3.63, 3.8) is 0 Å². The Balaban J connectivity index is 1.59. The van der Waals surface area contributed by atoms with E-state index in [0.29, 0.717) is 11.8 Å². The molecule has 2 fully saturated rings. The summed E-state index contributed by atoms with van der Waals surface area (Å²) in [5.74, 6) is 3.07. The fraction of sp³-hybridized carbons (Fsp3) is 1.00. The average molecular weight is 367 g/mol. The predicted molar refractivity (Wildman–Crippen MR) is 111 cm³/mol. The Morgan fingerprint density at radius 1 is 0.692 bits per heavy atom. The van der Waals surface area contributed by atoms with E-state index >= 15 is 0 Å². The van der Waals surface area contributed by atoms with Gasteiger partial charge in [0.1, 0.15) is 0 Å². The molecule has 1 atom stereocenters. The highest BCUT2D eigenvalue weighted by molar-refractivity contribution is 4.85. The van der Waals surface area contributed by atoms with Crippen LogP contribution in [0.25, 0.3) is 0 Å². The summed E-state index contributed by atoms with van der Waals surface area (Å²) in [5.41, 5.74) is 0. The molecule has 0 spiro atoms. The van der Waals surface area contributed by atoms with Crippen molar-refractivity contribution in [2.24, 2.45) is 23.7 Å². The summed E-state index contributed by atoms with van der Waals surface area (Å²) < 4.78 is 0. The van der Waals surface area contributed by atoms with Crippen molar-refractivity contribution in [2.45, 2.75) is 129 Å². The van der Waals surface area contributed by atoms with Gasteiger partial charge in [0.2, 0.25) is 0 Å². The van der Waals surface area contributed by atoms with Crippen LogP contribution in [0.3, 0.4) is 0 Å². The summed E-state index contributed by atoms with van der Waals surface area (Å²) in [4.78, 5) is 5.08. The maximum Gasteiger partial charge on any atom is 0.0983 e. The first-order valence-corrected chi connectivity index (χ1v) is 12.1. The van der Waals surface area contributed by atoms with Gasteiger partial charge < -0.3 is 0 Å². The largest absolute Gasteiger partial charge is 0.252 e. The highest BCUT2D eigenvalue weighted by Crippen LogP contribution is 2.41. The molecule has 2 saturated carbocycles. The molecule has 0 aliphatic heterocycles. The second kappa shape index (κ2) is 13.2. The van der Waals surface area contributed by atoms with Crippen LogP contribution in [-0.4, -0.2) is 11.4 Å². The first-order chi connectivity index (χ1) is 12.8. The Morgan fingerprint density at radius 2 is 1.19 bits per heavy atom. The molecule has 154 valence electrons. The molecule has 1 N–H and O–H groups in total. The zero-order chi connectivity index (χ0) is 18.6. The summed E-state index contributed by atoms with van der Waals surface area (Å²) in [6.07, 6.45) is 23.3. The minimum absolute atomic E-state index is 0.118. The minimum atomic E-state index is 0.118. The van der Waals surface area contributed by atoms with Gasteiger partial charge >= 0.3 is 0 Å². The smallest absolute Gasteiger partial charge is 0.0983 e. The van der Waals surface area contributed by atoms with Gasteiger partial charge in [-0.1, -0.05) is 97.3 Å². The zero-order valence-corrected chi connectivity index (χ0v) is 17.8. The molecular weight excluding hydrogens is 320 g/mol. The fourth-order valence-corrected chi connectivity index (χ4v) is 5.68. The molecular formula is C24H46O2. The van der Waals surface area contributed by atoms with Gasteiger partial charge in [-0.3, -0.25) is 5.26 Å². The third-order valence-electron chi connectivity index (χ3n) is 7.63. The summed E-state index contributed by atoms with van der Waals surface area (Å²) in [5, 5.41) is 9.58. The maximum absolute atomic E-state index is 9.58. The molecule has 0 bridgehead atoms. The standard InChI is InChI=1S/C24H46O2/c1-3-5-6-7-8-9-10-11-21-14-18-23(19-15-21)24(26-25)22-16-12-20(4-2)13-17-22/h20-25H,3-19H2,1-2H3. The Bertz CT molecular complexity index is 327. The van der Waals surface area contributed by atoms with Crippen molar-refractivity contribution in [1.29, 1.82) is 0 Å².